The molecule has 0 bridgehead atoms. The van der Waals surface area contributed by atoms with Crippen LogP contribution in [0.5, 0.6) is 0 Å². The number of nitrogens with one attached hydrogen (secondary N) is 1. The molecular formula is C11H17NOS. The zero-order chi connectivity index (χ0) is 9.97. The third kappa shape index (κ3) is 2.00. The Morgan fingerprint density at radius 3 is 3.07 bits per heavy atom. The maximum Gasteiger partial charge on any atom is 0.0840 e. The summed E-state index contributed by atoms with van der Waals surface area (Å²) in [5, 5.41) is 15.6. The number of hydrogen-bond acceptors (Lipinski definition) is 3. The van der Waals surface area contributed by atoms with Crippen LogP contribution in [0.2, 0.25) is 0 Å². The summed E-state index contributed by atoms with van der Waals surface area (Å²) in [5.74, 6) is 0.400. The highest BCUT2D eigenvalue weighted by atomic mass is 32.1. The average Bonchev–Trinajstić information content (AvgIpc) is 2.65. The molecule has 2 unspecified atom stereocenters. The molecule has 1 fully saturated rings. The molecule has 0 radical (unpaired) electrons. The van der Waals surface area contributed by atoms with Gasteiger partial charge in [0, 0.05) is 17.3 Å². The van der Waals surface area contributed by atoms with Crippen molar-refractivity contribution >= 4 is 11.3 Å². The first kappa shape index (κ1) is 10.1. The van der Waals surface area contributed by atoms with E-state index in [1.807, 2.05) is 0 Å². The Morgan fingerprint density at radius 2 is 2.50 bits per heavy atom. The van der Waals surface area contributed by atoms with Gasteiger partial charge in [0.1, 0.15) is 0 Å². The standard InChI is InChI=1S/C11H17NOS/c1-8-10(4-6-14-8)11(13)9-3-2-5-12-7-9/h4,6,9,11-13H,2-3,5,7H2,1H3. The summed E-state index contributed by atoms with van der Waals surface area (Å²) in [6.45, 7) is 4.14. The minimum absolute atomic E-state index is 0.269. The second-order valence-electron chi connectivity index (χ2n) is 3.98. The minimum atomic E-state index is -0.269. The van der Waals surface area contributed by atoms with Crippen molar-refractivity contribution < 1.29 is 5.11 Å². The predicted molar refractivity (Wildman–Crippen MR) is 59.6 cm³/mol. The number of hydrogen-bond donors (Lipinski definition) is 2. The molecule has 78 valence electrons. The summed E-state index contributed by atoms with van der Waals surface area (Å²) in [5.41, 5.74) is 1.13. The van der Waals surface area contributed by atoms with Crippen LogP contribution in [0, 0.1) is 12.8 Å². The second kappa shape index (κ2) is 4.43. The number of thiophene rings is 1. The lowest BCUT2D eigenvalue weighted by atomic mass is 9.90. The van der Waals surface area contributed by atoms with Gasteiger partial charge in [0.25, 0.3) is 0 Å². The van der Waals surface area contributed by atoms with Crippen LogP contribution < -0.4 is 5.32 Å². The first-order valence-corrected chi connectivity index (χ1v) is 6.10. The smallest absolute Gasteiger partial charge is 0.0840 e. The summed E-state index contributed by atoms with van der Waals surface area (Å²) in [6.07, 6.45) is 2.06. The summed E-state index contributed by atoms with van der Waals surface area (Å²) < 4.78 is 0. The average molecular weight is 211 g/mol. The Hall–Kier alpha value is -0.380. The maximum atomic E-state index is 10.2. The Kier molecular flexibility index (Phi) is 3.21. The largest absolute Gasteiger partial charge is 0.388 e. The van der Waals surface area contributed by atoms with Gasteiger partial charge in [-0.2, -0.15) is 0 Å². The fourth-order valence-corrected chi connectivity index (χ4v) is 2.85. The number of piperidine rings is 1. The fourth-order valence-electron chi connectivity index (χ4n) is 2.10. The molecule has 2 heterocycles. The summed E-state index contributed by atoms with van der Waals surface area (Å²) >= 11 is 1.72. The molecule has 0 amide bonds. The van der Waals surface area contributed by atoms with E-state index in [0.717, 1.165) is 25.1 Å². The molecule has 1 saturated heterocycles. The normalized spacial score (nSPS) is 24.9. The van der Waals surface area contributed by atoms with Gasteiger partial charge in [0.15, 0.2) is 0 Å². The predicted octanol–water partition coefficient (Wildman–Crippen LogP) is 2.09. The summed E-state index contributed by atoms with van der Waals surface area (Å²) in [6, 6.07) is 2.05. The number of aryl methyl sites for hydroxylation is 1. The Bertz CT molecular complexity index is 291. The van der Waals surface area contributed by atoms with Crippen molar-refractivity contribution in [3.8, 4) is 0 Å². The van der Waals surface area contributed by atoms with Gasteiger partial charge in [-0.05, 0) is 43.3 Å². The van der Waals surface area contributed by atoms with Crippen LogP contribution in [0.25, 0.3) is 0 Å². The van der Waals surface area contributed by atoms with E-state index < -0.39 is 0 Å². The Labute approximate surface area is 89.0 Å². The van der Waals surface area contributed by atoms with Gasteiger partial charge < -0.3 is 10.4 Å². The van der Waals surface area contributed by atoms with Gasteiger partial charge in [-0.3, -0.25) is 0 Å². The van der Waals surface area contributed by atoms with Gasteiger partial charge in [-0.1, -0.05) is 0 Å². The van der Waals surface area contributed by atoms with Crippen molar-refractivity contribution in [1.82, 2.24) is 5.32 Å². The second-order valence-corrected chi connectivity index (χ2v) is 5.10. The van der Waals surface area contributed by atoms with E-state index in [4.69, 9.17) is 0 Å². The van der Waals surface area contributed by atoms with Crippen LogP contribution in [-0.4, -0.2) is 18.2 Å². The molecule has 1 aromatic heterocycles. The van der Waals surface area contributed by atoms with E-state index in [1.54, 1.807) is 11.3 Å². The Morgan fingerprint density at radius 1 is 1.64 bits per heavy atom. The van der Waals surface area contributed by atoms with Crippen LogP contribution in [0.3, 0.4) is 0 Å². The maximum absolute atomic E-state index is 10.2. The highest BCUT2D eigenvalue weighted by Gasteiger charge is 2.24. The topological polar surface area (TPSA) is 32.3 Å². The molecule has 2 rings (SSSR count). The van der Waals surface area contributed by atoms with Crippen LogP contribution in [0.1, 0.15) is 29.4 Å². The zero-order valence-corrected chi connectivity index (χ0v) is 9.31. The van der Waals surface area contributed by atoms with Gasteiger partial charge in [-0.25, -0.2) is 0 Å². The highest BCUT2D eigenvalue weighted by molar-refractivity contribution is 7.10. The van der Waals surface area contributed by atoms with Crippen molar-refractivity contribution in [3.05, 3.63) is 21.9 Å². The highest BCUT2D eigenvalue weighted by Crippen LogP contribution is 2.31. The molecule has 0 saturated carbocycles. The van der Waals surface area contributed by atoms with Crippen molar-refractivity contribution in [2.24, 2.45) is 5.92 Å². The molecule has 1 aliphatic heterocycles. The van der Waals surface area contributed by atoms with E-state index >= 15 is 0 Å². The van der Waals surface area contributed by atoms with E-state index in [1.165, 1.54) is 11.3 Å². The molecule has 0 spiro atoms. The van der Waals surface area contributed by atoms with Gasteiger partial charge >= 0.3 is 0 Å². The first-order valence-electron chi connectivity index (χ1n) is 5.22. The van der Waals surface area contributed by atoms with Crippen molar-refractivity contribution in [1.29, 1.82) is 0 Å². The van der Waals surface area contributed by atoms with Crippen LogP contribution in [-0.2, 0) is 0 Å². The molecule has 3 heteroatoms. The quantitative estimate of drug-likeness (QED) is 0.785. The van der Waals surface area contributed by atoms with Gasteiger partial charge in [0.05, 0.1) is 6.10 Å². The number of aliphatic hydroxyl groups excluding tert-OH is 1. The van der Waals surface area contributed by atoms with Gasteiger partial charge in [0.2, 0.25) is 0 Å². The SMILES string of the molecule is Cc1sccc1C(O)C1CCCNC1. The van der Waals surface area contributed by atoms with E-state index in [9.17, 15) is 5.11 Å². The van der Waals surface area contributed by atoms with Crippen molar-refractivity contribution in [2.75, 3.05) is 13.1 Å². The van der Waals surface area contributed by atoms with Crippen LogP contribution in [0.4, 0.5) is 0 Å². The molecule has 0 aromatic carbocycles. The van der Waals surface area contributed by atoms with Crippen molar-refractivity contribution in [3.63, 3.8) is 0 Å². The number of aliphatic hydroxyl groups is 1. The third-order valence-corrected chi connectivity index (χ3v) is 3.86. The van der Waals surface area contributed by atoms with E-state index in [0.29, 0.717) is 5.92 Å². The van der Waals surface area contributed by atoms with E-state index in [2.05, 4.69) is 23.7 Å². The zero-order valence-electron chi connectivity index (χ0n) is 8.49. The lowest BCUT2D eigenvalue weighted by molar-refractivity contribution is 0.0920. The molecule has 14 heavy (non-hydrogen) atoms. The first-order chi connectivity index (χ1) is 6.79. The monoisotopic (exact) mass is 211 g/mol. The fraction of sp³-hybridized carbons (Fsp3) is 0.636. The number of rotatable bonds is 2. The molecule has 2 nitrogen and oxygen atoms in total. The summed E-state index contributed by atoms with van der Waals surface area (Å²) in [7, 11) is 0. The lowest BCUT2D eigenvalue weighted by Crippen LogP contribution is -2.33. The molecule has 0 aliphatic carbocycles. The third-order valence-electron chi connectivity index (χ3n) is 3.00. The minimum Gasteiger partial charge on any atom is -0.388 e. The molecular weight excluding hydrogens is 194 g/mol. The lowest BCUT2D eigenvalue weighted by Gasteiger charge is -2.27. The van der Waals surface area contributed by atoms with Crippen molar-refractivity contribution in [2.45, 2.75) is 25.9 Å². The molecule has 1 aromatic rings. The molecule has 1 aliphatic rings. The molecule has 2 atom stereocenters. The Balaban J connectivity index is 2.07. The van der Waals surface area contributed by atoms with Crippen LogP contribution >= 0.6 is 11.3 Å². The van der Waals surface area contributed by atoms with E-state index in [-0.39, 0.29) is 6.10 Å². The van der Waals surface area contributed by atoms with Crippen LogP contribution in [0.15, 0.2) is 11.4 Å². The van der Waals surface area contributed by atoms with Gasteiger partial charge in [-0.15, -0.1) is 11.3 Å². The summed E-state index contributed by atoms with van der Waals surface area (Å²) in [4.78, 5) is 1.25. The molecule has 2 N–H and O–H groups in total.